The van der Waals surface area contributed by atoms with Crippen LogP contribution in [0.2, 0.25) is 0 Å². The van der Waals surface area contributed by atoms with Crippen molar-refractivity contribution in [1.82, 2.24) is 0 Å². The molecule has 5 heteroatoms. The third kappa shape index (κ3) is 5.08. The molecule has 0 fully saturated rings. The summed E-state index contributed by atoms with van der Waals surface area (Å²) in [6.45, 7) is 5.82. The standard InChI is InChI=1S/C13H19N3O2/c1-13(2,3)18-12-6-4-10(5-7-12)8-11(9-17)15-16-14/h4-7,11,17H,8-9H2,1-3H3/t11-/m0/s1. The van der Waals surface area contributed by atoms with Crippen LogP contribution < -0.4 is 4.74 Å². The van der Waals surface area contributed by atoms with Gasteiger partial charge in [-0.1, -0.05) is 17.2 Å². The average molecular weight is 249 g/mol. The Labute approximate surface area is 107 Å². The lowest BCUT2D eigenvalue weighted by Gasteiger charge is -2.21. The maximum Gasteiger partial charge on any atom is 0.120 e. The summed E-state index contributed by atoms with van der Waals surface area (Å²) >= 11 is 0. The van der Waals surface area contributed by atoms with Crippen molar-refractivity contribution in [3.05, 3.63) is 40.3 Å². The Hall–Kier alpha value is -1.71. The van der Waals surface area contributed by atoms with Crippen LogP contribution in [0.3, 0.4) is 0 Å². The number of benzene rings is 1. The molecule has 18 heavy (non-hydrogen) atoms. The quantitative estimate of drug-likeness (QED) is 0.494. The molecule has 0 saturated heterocycles. The lowest BCUT2D eigenvalue weighted by Crippen LogP contribution is -2.22. The molecule has 0 unspecified atom stereocenters. The topological polar surface area (TPSA) is 78.2 Å². The summed E-state index contributed by atoms with van der Waals surface area (Å²) in [6, 6.07) is 7.17. The highest BCUT2D eigenvalue weighted by Gasteiger charge is 2.12. The second-order valence-corrected chi connectivity index (χ2v) is 5.10. The first-order valence-electron chi connectivity index (χ1n) is 5.87. The van der Waals surface area contributed by atoms with E-state index in [4.69, 9.17) is 15.4 Å². The summed E-state index contributed by atoms with van der Waals surface area (Å²) in [7, 11) is 0. The van der Waals surface area contributed by atoms with Gasteiger partial charge in [0.05, 0.1) is 12.6 Å². The Kier molecular flexibility index (Phi) is 5.01. The van der Waals surface area contributed by atoms with Gasteiger partial charge in [0, 0.05) is 4.91 Å². The Morgan fingerprint density at radius 3 is 2.39 bits per heavy atom. The zero-order valence-corrected chi connectivity index (χ0v) is 11.0. The number of hydrogen-bond acceptors (Lipinski definition) is 3. The average Bonchev–Trinajstić information content (AvgIpc) is 2.29. The van der Waals surface area contributed by atoms with Gasteiger partial charge in [-0.05, 0) is 50.4 Å². The predicted molar refractivity (Wildman–Crippen MR) is 70.5 cm³/mol. The van der Waals surface area contributed by atoms with E-state index in [1.54, 1.807) is 0 Å². The van der Waals surface area contributed by atoms with Crippen LogP contribution in [-0.2, 0) is 6.42 Å². The molecule has 0 spiro atoms. The molecule has 1 rings (SSSR count). The predicted octanol–water partition coefficient (Wildman–Crippen LogP) is 3.08. The first-order chi connectivity index (χ1) is 8.44. The Balaban J connectivity index is 2.68. The third-order valence-corrected chi connectivity index (χ3v) is 2.24. The molecule has 1 N–H and O–H groups in total. The normalized spacial score (nSPS) is 12.7. The number of nitrogens with zero attached hydrogens (tertiary/aromatic N) is 3. The first kappa shape index (κ1) is 14.4. The zero-order chi connectivity index (χ0) is 13.6. The van der Waals surface area contributed by atoms with Gasteiger partial charge in [-0.3, -0.25) is 0 Å². The molecule has 0 heterocycles. The van der Waals surface area contributed by atoms with Gasteiger partial charge in [0.2, 0.25) is 0 Å². The molecule has 0 saturated carbocycles. The lowest BCUT2D eigenvalue weighted by molar-refractivity contribution is 0.131. The summed E-state index contributed by atoms with van der Waals surface area (Å²) in [5, 5.41) is 12.6. The molecule has 0 bridgehead atoms. The minimum absolute atomic E-state index is 0.149. The van der Waals surface area contributed by atoms with Crippen LogP contribution in [-0.4, -0.2) is 23.4 Å². The Morgan fingerprint density at radius 2 is 1.94 bits per heavy atom. The highest BCUT2D eigenvalue weighted by Crippen LogP contribution is 2.19. The third-order valence-electron chi connectivity index (χ3n) is 2.24. The maximum atomic E-state index is 9.04. The fourth-order valence-electron chi connectivity index (χ4n) is 1.53. The second-order valence-electron chi connectivity index (χ2n) is 5.10. The Bertz CT molecular complexity index is 417. The molecule has 0 aliphatic rings. The van der Waals surface area contributed by atoms with Crippen molar-refractivity contribution in [2.45, 2.75) is 38.8 Å². The van der Waals surface area contributed by atoms with Crippen molar-refractivity contribution in [3.63, 3.8) is 0 Å². The molecule has 1 aromatic rings. The van der Waals surface area contributed by atoms with Gasteiger partial charge in [-0.15, -0.1) is 0 Å². The van der Waals surface area contributed by atoms with Gasteiger partial charge < -0.3 is 9.84 Å². The summed E-state index contributed by atoms with van der Waals surface area (Å²) in [4.78, 5) is 2.71. The van der Waals surface area contributed by atoms with Crippen LogP contribution in [0.25, 0.3) is 10.4 Å². The van der Waals surface area contributed by atoms with Crippen LogP contribution >= 0.6 is 0 Å². The van der Waals surface area contributed by atoms with E-state index in [2.05, 4.69) is 10.0 Å². The van der Waals surface area contributed by atoms with Crippen LogP contribution in [0.15, 0.2) is 29.4 Å². The van der Waals surface area contributed by atoms with Crippen LogP contribution in [0.1, 0.15) is 26.3 Å². The number of aliphatic hydroxyl groups excluding tert-OH is 1. The monoisotopic (exact) mass is 249 g/mol. The highest BCUT2D eigenvalue weighted by atomic mass is 16.5. The number of rotatable bonds is 5. The SMILES string of the molecule is CC(C)(C)Oc1ccc(C[C@@H](CO)N=[N+]=[N-])cc1. The molecule has 98 valence electrons. The van der Waals surface area contributed by atoms with Gasteiger partial charge in [0.25, 0.3) is 0 Å². The van der Waals surface area contributed by atoms with Crippen molar-refractivity contribution < 1.29 is 9.84 Å². The van der Waals surface area contributed by atoms with E-state index in [0.717, 1.165) is 11.3 Å². The van der Waals surface area contributed by atoms with Crippen molar-refractivity contribution >= 4 is 0 Å². The minimum Gasteiger partial charge on any atom is -0.488 e. The molecule has 0 aliphatic carbocycles. The van der Waals surface area contributed by atoms with Gasteiger partial charge in [-0.2, -0.15) is 0 Å². The van der Waals surface area contributed by atoms with E-state index in [1.807, 2.05) is 45.0 Å². The lowest BCUT2D eigenvalue weighted by atomic mass is 10.1. The minimum atomic E-state index is -0.413. The molecular weight excluding hydrogens is 230 g/mol. The second kappa shape index (κ2) is 6.28. The fourth-order valence-corrected chi connectivity index (χ4v) is 1.53. The van der Waals surface area contributed by atoms with Gasteiger partial charge in [-0.25, -0.2) is 0 Å². The summed E-state index contributed by atoms with van der Waals surface area (Å²) in [5.74, 6) is 0.801. The van der Waals surface area contributed by atoms with E-state index in [1.165, 1.54) is 0 Å². The van der Waals surface area contributed by atoms with Crippen molar-refractivity contribution in [1.29, 1.82) is 0 Å². The van der Waals surface area contributed by atoms with Gasteiger partial charge in [0.1, 0.15) is 11.4 Å². The smallest absolute Gasteiger partial charge is 0.120 e. The number of ether oxygens (including phenoxy) is 1. The molecule has 0 radical (unpaired) electrons. The zero-order valence-electron chi connectivity index (χ0n) is 11.0. The van der Waals surface area contributed by atoms with E-state index in [9.17, 15) is 0 Å². The van der Waals surface area contributed by atoms with E-state index in [-0.39, 0.29) is 12.2 Å². The summed E-state index contributed by atoms with van der Waals surface area (Å²) < 4.78 is 5.70. The highest BCUT2D eigenvalue weighted by molar-refractivity contribution is 5.28. The van der Waals surface area contributed by atoms with Gasteiger partial charge >= 0.3 is 0 Å². The molecule has 1 atom stereocenters. The molecule has 1 aromatic carbocycles. The summed E-state index contributed by atoms with van der Waals surface area (Å²) in [6.07, 6.45) is 0.524. The molecule has 0 aromatic heterocycles. The van der Waals surface area contributed by atoms with Crippen LogP contribution in [0.5, 0.6) is 5.75 Å². The molecule has 0 amide bonds. The van der Waals surface area contributed by atoms with Crippen molar-refractivity contribution in [2.24, 2.45) is 5.11 Å². The Morgan fingerprint density at radius 1 is 1.33 bits per heavy atom. The fraction of sp³-hybridized carbons (Fsp3) is 0.538. The molecule has 5 nitrogen and oxygen atoms in total. The molecular formula is C13H19N3O2. The summed E-state index contributed by atoms with van der Waals surface area (Å²) in [5.41, 5.74) is 9.13. The number of azide groups is 1. The van der Waals surface area contributed by atoms with Crippen molar-refractivity contribution in [3.8, 4) is 5.75 Å². The molecule has 0 aliphatic heterocycles. The number of aliphatic hydroxyl groups is 1. The van der Waals surface area contributed by atoms with Crippen LogP contribution in [0, 0.1) is 0 Å². The van der Waals surface area contributed by atoms with E-state index in [0.29, 0.717) is 6.42 Å². The van der Waals surface area contributed by atoms with Crippen LogP contribution in [0.4, 0.5) is 0 Å². The largest absolute Gasteiger partial charge is 0.488 e. The number of hydrogen-bond donors (Lipinski definition) is 1. The van der Waals surface area contributed by atoms with Crippen molar-refractivity contribution in [2.75, 3.05) is 6.61 Å². The first-order valence-corrected chi connectivity index (χ1v) is 5.87. The van der Waals surface area contributed by atoms with Gasteiger partial charge in [0.15, 0.2) is 0 Å². The van der Waals surface area contributed by atoms with E-state index >= 15 is 0 Å². The maximum absolute atomic E-state index is 9.04. The van der Waals surface area contributed by atoms with E-state index < -0.39 is 6.04 Å².